The van der Waals surface area contributed by atoms with Crippen molar-refractivity contribution in [2.24, 2.45) is 0 Å². The quantitative estimate of drug-likeness (QED) is 0.756. The normalized spacial score (nSPS) is 10.8. The Bertz CT molecular complexity index is 286. The van der Waals surface area contributed by atoms with Crippen molar-refractivity contribution in [3.8, 4) is 0 Å². The molecular formula is C10H15ClN2. The molecule has 0 unspecified atom stereocenters. The van der Waals surface area contributed by atoms with E-state index in [1.807, 2.05) is 18.2 Å². The SMILES string of the molecule is CCN(C)Cc1ccc(Cl)c(N)c1. The highest BCUT2D eigenvalue weighted by molar-refractivity contribution is 6.33. The first-order chi connectivity index (χ1) is 6.13. The van der Waals surface area contributed by atoms with E-state index in [0.717, 1.165) is 13.1 Å². The second-order valence-corrected chi connectivity index (χ2v) is 3.59. The molecule has 72 valence electrons. The second kappa shape index (κ2) is 4.49. The number of nitrogen functional groups attached to an aromatic ring is 1. The molecule has 0 spiro atoms. The Hall–Kier alpha value is -0.730. The summed E-state index contributed by atoms with van der Waals surface area (Å²) >= 11 is 5.81. The van der Waals surface area contributed by atoms with Gasteiger partial charge in [-0.05, 0) is 31.3 Å². The molecule has 0 aromatic heterocycles. The first-order valence-corrected chi connectivity index (χ1v) is 4.73. The van der Waals surface area contributed by atoms with E-state index in [-0.39, 0.29) is 0 Å². The van der Waals surface area contributed by atoms with E-state index in [4.69, 9.17) is 17.3 Å². The van der Waals surface area contributed by atoms with Crippen molar-refractivity contribution in [1.29, 1.82) is 0 Å². The predicted octanol–water partition coefficient (Wildman–Crippen LogP) is 2.37. The first kappa shape index (κ1) is 10.4. The lowest BCUT2D eigenvalue weighted by molar-refractivity contribution is 0.346. The molecule has 0 heterocycles. The van der Waals surface area contributed by atoms with Crippen molar-refractivity contribution in [2.45, 2.75) is 13.5 Å². The van der Waals surface area contributed by atoms with Crippen LogP contribution in [0.5, 0.6) is 0 Å². The summed E-state index contributed by atoms with van der Waals surface area (Å²) in [6.45, 7) is 4.07. The molecular weight excluding hydrogens is 184 g/mol. The lowest BCUT2D eigenvalue weighted by Gasteiger charge is -2.14. The van der Waals surface area contributed by atoms with Crippen molar-refractivity contribution < 1.29 is 0 Å². The van der Waals surface area contributed by atoms with Crippen molar-refractivity contribution in [1.82, 2.24) is 4.90 Å². The number of halogens is 1. The number of hydrogen-bond acceptors (Lipinski definition) is 2. The standard InChI is InChI=1S/C10H15ClN2/c1-3-13(2)7-8-4-5-9(11)10(12)6-8/h4-6H,3,7,12H2,1-2H3. The Labute approximate surface area is 84.3 Å². The maximum Gasteiger partial charge on any atom is 0.0635 e. The molecule has 2 N–H and O–H groups in total. The van der Waals surface area contributed by atoms with Gasteiger partial charge in [0.1, 0.15) is 0 Å². The van der Waals surface area contributed by atoms with E-state index in [2.05, 4.69) is 18.9 Å². The molecule has 0 fully saturated rings. The van der Waals surface area contributed by atoms with Gasteiger partial charge in [0.05, 0.1) is 10.7 Å². The van der Waals surface area contributed by atoms with Crippen LogP contribution < -0.4 is 5.73 Å². The highest BCUT2D eigenvalue weighted by Gasteiger charge is 2.00. The summed E-state index contributed by atoms with van der Waals surface area (Å²) in [7, 11) is 2.07. The Balaban J connectivity index is 2.73. The molecule has 1 rings (SSSR count). The van der Waals surface area contributed by atoms with Gasteiger partial charge in [-0.2, -0.15) is 0 Å². The fraction of sp³-hybridized carbons (Fsp3) is 0.400. The van der Waals surface area contributed by atoms with Crippen molar-refractivity contribution in [3.63, 3.8) is 0 Å². The van der Waals surface area contributed by atoms with Gasteiger partial charge < -0.3 is 10.6 Å². The Morgan fingerprint density at radius 3 is 2.69 bits per heavy atom. The van der Waals surface area contributed by atoms with Crippen LogP contribution in [0, 0.1) is 0 Å². The molecule has 1 aromatic carbocycles. The van der Waals surface area contributed by atoms with E-state index in [1.54, 1.807) is 0 Å². The summed E-state index contributed by atoms with van der Waals surface area (Å²) in [5.74, 6) is 0. The fourth-order valence-electron chi connectivity index (χ4n) is 1.12. The number of nitrogens with two attached hydrogens (primary N) is 1. The molecule has 0 aliphatic heterocycles. The van der Waals surface area contributed by atoms with Gasteiger partial charge in [-0.1, -0.05) is 24.6 Å². The van der Waals surface area contributed by atoms with Crippen LogP contribution in [-0.4, -0.2) is 18.5 Å². The van der Waals surface area contributed by atoms with E-state index in [0.29, 0.717) is 10.7 Å². The van der Waals surface area contributed by atoms with Crippen molar-refractivity contribution in [2.75, 3.05) is 19.3 Å². The van der Waals surface area contributed by atoms with Gasteiger partial charge in [0.2, 0.25) is 0 Å². The Kier molecular flexibility index (Phi) is 3.58. The second-order valence-electron chi connectivity index (χ2n) is 3.19. The molecule has 1 aromatic rings. The van der Waals surface area contributed by atoms with Gasteiger partial charge in [0, 0.05) is 6.54 Å². The molecule has 0 aliphatic rings. The third-order valence-corrected chi connectivity index (χ3v) is 2.40. The van der Waals surface area contributed by atoms with E-state index in [1.165, 1.54) is 5.56 Å². The molecule has 0 atom stereocenters. The smallest absolute Gasteiger partial charge is 0.0635 e. The highest BCUT2D eigenvalue weighted by atomic mass is 35.5. The number of rotatable bonds is 3. The van der Waals surface area contributed by atoms with Gasteiger partial charge in [-0.25, -0.2) is 0 Å². The minimum absolute atomic E-state index is 0.628. The van der Waals surface area contributed by atoms with Crippen LogP contribution in [0.1, 0.15) is 12.5 Å². The van der Waals surface area contributed by atoms with Gasteiger partial charge in [0.15, 0.2) is 0 Å². The van der Waals surface area contributed by atoms with Gasteiger partial charge in [-0.3, -0.25) is 0 Å². The number of nitrogens with zero attached hydrogens (tertiary/aromatic N) is 1. The van der Waals surface area contributed by atoms with Crippen LogP contribution in [0.2, 0.25) is 5.02 Å². The molecule has 13 heavy (non-hydrogen) atoms. The molecule has 0 radical (unpaired) electrons. The van der Waals surface area contributed by atoms with E-state index in [9.17, 15) is 0 Å². The topological polar surface area (TPSA) is 29.3 Å². The summed E-state index contributed by atoms with van der Waals surface area (Å²) < 4.78 is 0. The van der Waals surface area contributed by atoms with Gasteiger partial charge in [-0.15, -0.1) is 0 Å². The van der Waals surface area contributed by atoms with Crippen LogP contribution in [0.4, 0.5) is 5.69 Å². The summed E-state index contributed by atoms with van der Waals surface area (Å²) in [5, 5.41) is 0.628. The van der Waals surface area contributed by atoms with Gasteiger partial charge >= 0.3 is 0 Å². The molecule has 0 aliphatic carbocycles. The zero-order valence-corrected chi connectivity index (χ0v) is 8.80. The van der Waals surface area contributed by atoms with Crippen molar-refractivity contribution >= 4 is 17.3 Å². The maximum absolute atomic E-state index is 5.81. The molecule has 0 saturated heterocycles. The van der Waals surface area contributed by atoms with Crippen LogP contribution >= 0.6 is 11.6 Å². The summed E-state index contributed by atoms with van der Waals surface area (Å²) in [6.07, 6.45) is 0. The maximum atomic E-state index is 5.81. The van der Waals surface area contributed by atoms with Gasteiger partial charge in [0.25, 0.3) is 0 Å². The van der Waals surface area contributed by atoms with Crippen LogP contribution in [-0.2, 0) is 6.54 Å². The molecule has 0 amide bonds. The summed E-state index contributed by atoms with van der Waals surface area (Å²) in [5.41, 5.74) is 7.54. The highest BCUT2D eigenvalue weighted by Crippen LogP contribution is 2.19. The van der Waals surface area contributed by atoms with Crippen LogP contribution in [0.3, 0.4) is 0 Å². The summed E-state index contributed by atoms with van der Waals surface area (Å²) in [6, 6.07) is 5.77. The monoisotopic (exact) mass is 198 g/mol. The van der Waals surface area contributed by atoms with Crippen molar-refractivity contribution in [3.05, 3.63) is 28.8 Å². The third kappa shape index (κ3) is 2.90. The average Bonchev–Trinajstić information content (AvgIpc) is 2.11. The number of anilines is 1. The minimum atomic E-state index is 0.628. The predicted molar refractivity (Wildman–Crippen MR) is 57.9 cm³/mol. The summed E-state index contributed by atoms with van der Waals surface area (Å²) in [4.78, 5) is 2.21. The Morgan fingerprint density at radius 2 is 2.15 bits per heavy atom. The van der Waals surface area contributed by atoms with Crippen LogP contribution in [0.15, 0.2) is 18.2 Å². The fourth-order valence-corrected chi connectivity index (χ4v) is 1.23. The Morgan fingerprint density at radius 1 is 1.46 bits per heavy atom. The zero-order chi connectivity index (χ0) is 9.84. The van der Waals surface area contributed by atoms with E-state index < -0.39 is 0 Å². The largest absolute Gasteiger partial charge is 0.398 e. The first-order valence-electron chi connectivity index (χ1n) is 4.36. The lowest BCUT2D eigenvalue weighted by atomic mass is 10.2. The lowest BCUT2D eigenvalue weighted by Crippen LogP contribution is -2.16. The number of hydrogen-bond donors (Lipinski definition) is 1. The molecule has 3 heteroatoms. The average molecular weight is 199 g/mol. The molecule has 2 nitrogen and oxygen atoms in total. The minimum Gasteiger partial charge on any atom is -0.398 e. The molecule has 0 saturated carbocycles. The molecule has 0 bridgehead atoms. The van der Waals surface area contributed by atoms with Crippen LogP contribution in [0.25, 0.3) is 0 Å². The number of benzene rings is 1. The van der Waals surface area contributed by atoms with E-state index >= 15 is 0 Å². The third-order valence-electron chi connectivity index (χ3n) is 2.05. The zero-order valence-electron chi connectivity index (χ0n) is 8.05.